The van der Waals surface area contributed by atoms with E-state index in [9.17, 15) is 9.59 Å². The van der Waals surface area contributed by atoms with Crippen molar-refractivity contribution in [3.63, 3.8) is 0 Å². The monoisotopic (exact) mass is 393 g/mol. The van der Waals surface area contributed by atoms with Crippen molar-refractivity contribution in [3.8, 4) is 5.69 Å². The van der Waals surface area contributed by atoms with Gasteiger partial charge in [-0.15, -0.1) is 11.3 Å². The highest BCUT2D eigenvalue weighted by atomic mass is 32.1. The van der Waals surface area contributed by atoms with Crippen LogP contribution in [0.3, 0.4) is 0 Å². The highest BCUT2D eigenvalue weighted by molar-refractivity contribution is 7.17. The van der Waals surface area contributed by atoms with E-state index < -0.39 is 0 Å². The fourth-order valence-electron chi connectivity index (χ4n) is 2.96. The molecule has 0 saturated heterocycles. The number of carbonyl (C=O) groups is 1. The van der Waals surface area contributed by atoms with Crippen LogP contribution in [-0.2, 0) is 17.8 Å². The largest absolute Gasteiger partial charge is 0.338 e. The molecule has 0 saturated carbocycles. The van der Waals surface area contributed by atoms with Gasteiger partial charge in [-0.1, -0.05) is 18.2 Å². The van der Waals surface area contributed by atoms with Crippen LogP contribution in [0.4, 0.5) is 0 Å². The highest BCUT2D eigenvalue weighted by Gasteiger charge is 2.13. The normalized spacial score (nSPS) is 11.0. The third-order valence-electron chi connectivity index (χ3n) is 4.46. The van der Waals surface area contributed by atoms with Gasteiger partial charge in [-0.05, 0) is 35.6 Å². The first kappa shape index (κ1) is 18.1. The molecule has 3 aromatic heterocycles. The highest BCUT2D eigenvalue weighted by Crippen LogP contribution is 2.14. The van der Waals surface area contributed by atoms with Gasteiger partial charge in [0.05, 0.1) is 23.9 Å². The Kier molecular flexibility index (Phi) is 5.03. The Morgan fingerprint density at radius 1 is 1.25 bits per heavy atom. The van der Waals surface area contributed by atoms with Crippen molar-refractivity contribution in [1.82, 2.24) is 24.6 Å². The zero-order valence-electron chi connectivity index (χ0n) is 15.3. The number of aromatic amines is 1. The summed E-state index contributed by atoms with van der Waals surface area (Å²) in [4.78, 5) is 33.3. The van der Waals surface area contributed by atoms with Crippen molar-refractivity contribution in [2.75, 3.05) is 7.05 Å². The second-order valence-corrected chi connectivity index (χ2v) is 7.44. The summed E-state index contributed by atoms with van der Waals surface area (Å²) < 4.78 is 2.40. The summed E-state index contributed by atoms with van der Waals surface area (Å²) in [6.45, 7) is 0.267. The minimum absolute atomic E-state index is 0.0134. The zero-order chi connectivity index (χ0) is 19.5. The van der Waals surface area contributed by atoms with E-state index in [4.69, 9.17) is 0 Å². The van der Waals surface area contributed by atoms with Crippen molar-refractivity contribution in [1.29, 1.82) is 0 Å². The maximum Gasteiger partial charge on any atom is 0.268 e. The van der Waals surface area contributed by atoms with Crippen molar-refractivity contribution in [2.45, 2.75) is 19.4 Å². The number of thiophene rings is 1. The van der Waals surface area contributed by atoms with Crippen LogP contribution in [0.2, 0.25) is 0 Å². The molecule has 142 valence electrons. The molecule has 7 nitrogen and oxygen atoms in total. The summed E-state index contributed by atoms with van der Waals surface area (Å²) in [7, 11) is 1.72. The lowest BCUT2D eigenvalue weighted by Crippen LogP contribution is -2.28. The number of amides is 1. The van der Waals surface area contributed by atoms with E-state index in [0.717, 1.165) is 11.3 Å². The van der Waals surface area contributed by atoms with E-state index in [-0.39, 0.29) is 18.0 Å². The van der Waals surface area contributed by atoms with E-state index in [1.54, 1.807) is 22.8 Å². The lowest BCUT2D eigenvalue weighted by Gasteiger charge is -2.16. The molecule has 1 amide bonds. The van der Waals surface area contributed by atoms with Gasteiger partial charge in [-0.2, -0.15) is 5.10 Å². The third-order valence-corrected chi connectivity index (χ3v) is 5.36. The van der Waals surface area contributed by atoms with E-state index in [0.29, 0.717) is 28.9 Å². The average molecular weight is 393 g/mol. The van der Waals surface area contributed by atoms with Crippen LogP contribution in [0.5, 0.6) is 0 Å². The minimum atomic E-state index is -0.163. The summed E-state index contributed by atoms with van der Waals surface area (Å²) >= 11 is 1.36. The predicted octanol–water partition coefficient (Wildman–Crippen LogP) is 2.76. The Morgan fingerprint density at radius 3 is 2.89 bits per heavy atom. The number of para-hydroxylation sites is 1. The van der Waals surface area contributed by atoms with Gasteiger partial charge >= 0.3 is 0 Å². The molecule has 0 aliphatic heterocycles. The fraction of sp³-hybridized carbons (Fsp3) is 0.200. The molecule has 0 unspecified atom stereocenters. The Balaban J connectivity index is 1.37. The molecule has 0 bridgehead atoms. The number of rotatable bonds is 6. The Morgan fingerprint density at radius 2 is 2.07 bits per heavy atom. The number of H-pyrrole nitrogens is 1. The lowest BCUT2D eigenvalue weighted by atomic mass is 10.2. The van der Waals surface area contributed by atoms with Gasteiger partial charge in [-0.25, -0.2) is 9.67 Å². The van der Waals surface area contributed by atoms with Crippen LogP contribution >= 0.6 is 11.3 Å². The standard InChI is InChI=1S/C20H19N5O2S/c1-24(13-17-22-16-9-10-28-19(16)20(27)23-17)18(26)8-7-14-11-21-25(12-14)15-5-3-2-4-6-15/h2-6,9-12H,7-8,13H2,1H3,(H,22,23,27). The molecule has 0 atom stereocenters. The first-order chi connectivity index (χ1) is 13.6. The second kappa shape index (κ2) is 7.77. The van der Waals surface area contributed by atoms with Gasteiger partial charge in [0.25, 0.3) is 5.56 Å². The summed E-state index contributed by atoms with van der Waals surface area (Å²) in [6, 6.07) is 11.6. The SMILES string of the molecule is CN(Cc1nc2ccsc2c(=O)[nH]1)C(=O)CCc1cnn(-c2ccccc2)c1. The Hall–Kier alpha value is -3.26. The van der Waals surface area contributed by atoms with Crippen molar-refractivity contribution >= 4 is 27.5 Å². The number of hydrogen-bond acceptors (Lipinski definition) is 5. The third kappa shape index (κ3) is 3.86. The molecular formula is C20H19N5O2S. The number of aryl methyl sites for hydroxylation is 1. The van der Waals surface area contributed by atoms with Crippen molar-refractivity contribution in [2.24, 2.45) is 0 Å². The van der Waals surface area contributed by atoms with E-state index in [2.05, 4.69) is 15.1 Å². The zero-order valence-corrected chi connectivity index (χ0v) is 16.1. The number of hydrogen-bond donors (Lipinski definition) is 1. The number of fused-ring (bicyclic) bond motifs is 1. The first-order valence-electron chi connectivity index (χ1n) is 8.89. The minimum Gasteiger partial charge on any atom is -0.338 e. The quantitative estimate of drug-likeness (QED) is 0.546. The van der Waals surface area contributed by atoms with Crippen molar-refractivity contribution < 1.29 is 4.79 Å². The van der Waals surface area contributed by atoms with Crippen LogP contribution < -0.4 is 5.56 Å². The second-order valence-electron chi connectivity index (χ2n) is 6.53. The summed E-state index contributed by atoms with van der Waals surface area (Å²) in [5.41, 5.74) is 2.48. The van der Waals surface area contributed by atoms with Gasteiger partial charge in [-0.3, -0.25) is 9.59 Å². The number of carbonyl (C=O) groups excluding carboxylic acids is 1. The molecule has 0 fully saturated rings. The summed E-state index contributed by atoms with van der Waals surface area (Å²) in [6.07, 6.45) is 4.68. The van der Waals surface area contributed by atoms with Crippen LogP contribution in [0.15, 0.2) is 59.0 Å². The molecule has 0 radical (unpaired) electrons. The van der Waals surface area contributed by atoms with Gasteiger partial charge in [0, 0.05) is 19.7 Å². The Bertz CT molecular complexity index is 1160. The molecule has 1 N–H and O–H groups in total. The molecular weight excluding hydrogens is 374 g/mol. The van der Waals surface area contributed by atoms with Crippen LogP contribution in [-0.4, -0.2) is 37.6 Å². The van der Waals surface area contributed by atoms with Crippen LogP contribution in [0, 0.1) is 0 Å². The smallest absolute Gasteiger partial charge is 0.268 e. The Labute approximate surface area is 165 Å². The van der Waals surface area contributed by atoms with Crippen LogP contribution in [0.25, 0.3) is 15.9 Å². The predicted molar refractivity (Wildman–Crippen MR) is 109 cm³/mol. The number of benzene rings is 1. The van der Waals surface area contributed by atoms with E-state index in [1.807, 2.05) is 48.0 Å². The summed E-state index contributed by atoms with van der Waals surface area (Å²) in [5, 5.41) is 6.19. The average Bonchev–Trinajstić information content (AvgIpc) is 3.36. The topological polar surface area (TPSA) is 83.9 Å². The molecule has 1 aromatic carbocycles. The molecule has 4 aromatic rings. The molecule has 0 aliphatic rings. The van der Waals surface area contributed by atoms with E-state index >= 15 is 0 Å². The number of nitrogens with zero attached hydrogens (tertiary/aromatic N) is 4. The molecule has 28 heavy (non-hydrogen) atoms. The fourth-order valence-corrected chi connectivity index (χ4v) is 3.69. The van der Waals surface area contributed by atoms with Crippen molar-refractivity contribution in [3.05, 3.63) is 75.9 Å². The van der Waals surface area contributed by atoms with E-state index in [1.165, 1.54) is 11.3 Å². The number of nitrogens with one attached hydrogen (secondary N) is 1. The number of aromatic nitrogens is 4. The van der Waals surface area contributed by atoms with Crippen LogP contribution in [0.1, 0.15) is 17.8 Å². The van der Waals surface area contributed by atoms with Gasteiger partial charge in [0.15, 0.2) is 0 Å². The van der Waals surface area contributed by atoms with Gasteiger partial charge in [0.2, 0.25) is 5.91 Å². The lowest BCUT2D eigenvalue weighted by molar-refractivity contribution is -0.130. The molecule has 8 heteroatoms. The van der Waals surface area contributed by atoms with Gasteiger partial charge < -0.3 is 9.88 Å². The maximum absolute atomic E-state index is 12.5. The molecule has 0 spiro atoms. The van der Waals surface area contributed by atoms with Gasteiger partial charge in [0.1, 0.15) is 10.5 Å². The maximum atomic E-state index is 12.5. The first-order valence-corrected chi connectivity index (χ1v) is 9.77. The molecule has 0 aliphatic carbocycles. The molecule has 3 heterocycles. The summed E-state index contributed by atoms with van der Waals surface area (Å²) in [5.74, 6) is 0.476. The molecule has 4 rings (SSSR count).